The minimum absolute atomic E-state index is 0.0660. The molecule has 0 heterocycles. The Morgan fingerprint density at radius 2 is 1.71 bits per heavy atom. The number of urea groups is 1. The summed E-state index contributed by atoms with van der Waals surface area (Å²) < 4.78 is 0. The van der Waals surface area contributed by atoms with Gasteiger partial charge in [0.2, 0.25) is 0 Å². The van der Waals surface area contributed by atoms with Crippen LogP contribution in [0.2, 0.25) is 5.02 Å². The van der Waals surface area contributed by atoms with Gasteiger partial charge in [-0.05, 0) is 31.2 Å². The Kier molecular flexibility index (Phi) is 4.45. The number of hydrogen-bond acceptors (Lipinski definition) is 2. The van der Waals surface area contributed by atoms with Gasteiger partial charge < -0.3 is 15.7 Å². The third-order valence-corrected chi connectivity index (χ3v) is 3.11. The topological polar surface area (TPSA) is 78.4 Å². The Labute approximate surface area is 126 Å². The average Bonchev–Trinajstić information content (AvgIpc) is 2.43. The van der Waals surface area contributed by atoms with E-state index in [0.29, 0.717) is 5.69 Å². The highest BCUT2D eigenvalue weighted by atomic mass is 35.5. The second-order valence-electron chi connectivity index (χ2n) is 4.41. The first-order valence-corrected chi connectivity index (χ1v) is 6.51. The molecule has 0 aliphatic carbocycles. The van der Waals surface area contributed by atoms with Crippen LogP contribution in [0.3, 0.4) is 0 Å². The Bertz CT molecular complexity index is 684. The molecule has 6 heteroatoms. The average molecular weight is 305 g/mol. The van der Waals surface area contributed by atoms with Crippen LogP contribution in [0, 0.1) is 6.92 Å². The van der Waals surface area contributed by atoms with Crippen LogP contribution in [0.15, 0.2) is 42.5 Å². The Balaban J connectivity index is 2.16. The number of aryl methyl sites for hydroxylation is 1. The quantitative estimate of drug-likeness (QED) is 0.802. The van der Waals surface area contributed by atoms with Crippen LogP contribution in [0.5, 0.6) is 0 Å². The number of carbonyl (C=O) groups is 2. The Hall–Kier alpha value is -2.53. The molecular formula is C15H13ClN2O3. The van der Waals surface area contributed by atoms with Crippen molar-refractivity contribution in [3.8, 4) is 0 Å². The van der Waals surface area contributed by atoms with Crippen molar-refractivity contribution in [3.05, 3.63) is 58.6 Å². The molecule has 0 fully saturated rings. The zero-order valence-corrected chi connectivity index (χ0v) is 11.9. The lowest BCUT2D eigenvalue weighted by Crippen LogP contribution is -2.21. The van der Waals surface area contributed by atoms with Crippen molar-refractivity contribution in [1.29, 1.82) is 0 Å². The minimum Gasteiger partial charge on any atom is -0.478 e. The first kappa shape index (κ1) is 14.9. The SMILES string of the molecule is Cc1ccc(NC(=O)Nc2c(Cl)cccc2C(=O)O)cc1. The van der Waals surface area contributed by atoms with Crippen LogP contribution in [-0.4, -0.2) is 17.1 Å². The van der Waals surface area contributed by atoms with E-state index in [-0.39, 0.29) is 16.3 Å². The molecule has 0 radical (unpaired) electrons. The fourth-order valence-corrected chi connectivity index (χ4v) is 1.96. The summed E-state index contributed by atoms with van der Waals surface area (Å²) in [5, 5.41) is 14.3. The van der Waals surface area contributed by atoms with Crippen LogP contribution >= 0.6 is 11.6 Å². The lowest BCUT2D eigenvalue weighted by atomic mass is 10.2. The molecule has 0 aromatic heterocycles. The third kappa shape index (κ3) is 3.73. The number of anilines is 2. The first-order valence-electron chi connectivity index (χ1n) is 6.14. The monoisotopic (exact) mass is 304 g/mol. The molecule has 0 spiro atoms. The molecule has 3 N–H and O–H groups in total. The summed E-state index contributed by atoms with van der Waals surface area (Å²) in [4.78, 5) is 23.0. The van der Waals surface area contributed by atoms with Gasteiger partial charge >= 0.3 is 12.0 Å². The number of carbonyl (C=O) groups excluding carboxylic acids is 1. The fourth-order valence-electron chi connectivity index (χ4n) is 1.74. The molecule has 108 valence electrons. The molecule has 5 nitrogen and oxygen atoms in total. The summed E-state index contributed by atoms with van der Waals surface area (Å²) in [7, 11) is 0. The van der Waals surface area contributed by atoms with Crippen molar-refractivity contribution in [2.45, 2.75) is 6.92 Å². The van der Waals surface area contributed by atoms with Crippen LogP contribution < -0.4 is 10.6 Å². The Morgan fingerprint density at radius 3 is 2.33 bits per heavy atom. The predicted molar refractivity (Wildman–Crippen MR) is 82.2 cm³/mol. The van der Waals surface area contributed by atoms with E-state index in [1.54, 1.807) is 12.1 Å². The van der Waals surface area contributed by atoms with Crippen molar-refractivity contribution in [2.24, 2.45) is 0 Å². The molecule has 2 aromatic rings. The second-order valence-corrected chi connectivity index (χ2v) is 4.82. The normalized spacial score (nSPS) is 10.0. The van der Waals surface area contributed by atoms with Gasteiger partial charge in [0.25, 0.3) is 0 Å². The summed E-state index contributed by atoms with van der Waals surface area (Å²) in [6.07, 6.45) is 0. The molecule has 21 heavy (non-hydrogen) atoms. The van der Waals surface area contributed by atoms with E-state index in [4.69, 9.17) is 16.7 Å². The highest BCUT2D eigenvalue weighted by Gasteiger charge is 2.15. The number of amides is 2. The van der Waals surface area contributed by atoms with Gasteiger partial charge in [0, 0.05) is 5.69 Å². The number of carboxylic acid groups (broad SMARTS) is 1. The molecule has 2 aromatic carbocycles. The maximum Gasteiger partial charge on any atom is 0.337 e. The van der Waals surface area contributed by atoms with Gasteiger partial charge in [-0.3, -0.25) is 0 Å². The molecule has 0 saturated carbocycles. The van der Waals surface area contributed by atoms with E-state index in [1.165, 1.54) is 18.2 Å². The largest absolute Gasteiger partial charge is 0.478 e. The fraction of sp³-hybridized carbons (Fsp3) is 0.0667. The molecule has 2 amide bonds. The zero-order chi connectivity index (χ0) is 15.4. The maximum atomic E-state index is 11.9. The second kappa shape index (κ2) is 6.28. The summed E-state index contributed by atoms with van der Waals surface area (Å²) in [6.45, 7) is 1.94. The van der Waals surface area contributed by atoms with E-state index < -0.39 is 12.0 Å². The number of nitrogens with one attached hydrogen (secondary N) is 2. The number of hydrogen-bond donors (Lipinski definition) is 3. The van der Waals surface area contributed by atoms with Gasteiger partial charge in [0.1, 0.15) is 0 Å². The van der Waals surface area contributed by atoms with Gasteiger partial charge in [-0.2, -0.15) is 0 Å². The molecule has 0 unspecified atom stereocenters. The number of halogens is 1. The number of carboxylic acids is 1. The van der Waals surface area contributed by atoms with Crippen molar-refractivity contribution >= 4 is 35.0 Å². The molecular weight excluding hydrogens is 292 g/mol. The maximum absolute atomic E-state index is 11.9. The number of aromatic carboxylic acids is 1. The molecule has 0 atom stereocenters. The molecule has 0 saturated heterocycles. The van der Waals surface area contributed by atoms with Crippen LogP contribution in [0.1, 0.15) is 15.9 Å². The van der Waals surface area contributed by atoms with Gasteiger partial charge in [-0.1, -0.05) is 35.4 Å². The number of para-hydroxylation sites is 1. The van der Waals surface area contributed by atoms with Gasteiger partial charge in [-0.25, -0.2) is 9.59 Å². The van der Waals surface area contributed by atoms with E-state index in [1.807, 2.05) is 19.1 Å². The molecule has 0 aliphatic heterocycles. The van der Waals surface area contributed by atoms with Crippen LogP contribution in [-0.2, 0) is 0 Å². The highest BCUT2D eigenvalue weighted by Crippen LogP contribution is 2.26. The molecule has 0 aliphatic rings. The van der Waals surface area contributed by atoms with Crippen LogP contribution in [0.4, 0.5) is 16.2 Å². The molecule has 2 rings (SSSR count). The van der Waals surface area contributed by atoms with Crippen LogP contribution in [0.25, 0.3) is 0 Å². The summed E-state index contributed by atoms with van der Waals surface area (Å²) in [5.74, 6) is -1.16. The van der Waals surface area contributed by atoms with Gasteiger partial charge in [-0.15, -0.1) is 0 Å². The van der Waals surface area contributed by atoms with E-state index in [0.717, 1.165) is 5.56 Å². The van der Waals surface area contributed by atoms with Crippen molar-refractivity contribution in [1.82, 2.24) is 0 Å². The zero-order valence-electron chi connectivity index (χ0n) is 11.2. The third-order valence-electron chi connectivity index (χ3n) is 2.79. The molecule has 0 bridgehead atoms. The minimum atomic E-state index is -1.16. The smallest absolute Gasteiger partial charge is 0.337 e. The lowest BCUT2D eigenvalue weighted by molar-refractivity contribution is 0.0698. The van der Waals surface area contributed by atoms with Gasteiger partial charge in [0.15, 0.2) is 0 Å². The van der Waals surface area contributed by atoms with Crippen molar-refractivity contribution in [2.75, 3.05) is 10.6 Å². The van der Waals surface area contributed by atoms with E-state index >= 15 is 0 Å². The first-order chi connectivity index (χ1) is 9.97. The standard InChI is InChI=1S/C15H13ClN2O3/c1-9-5-7-10(8-6-9)17-15(21)18-13-11(14(19)20)3-2-4-12(13)16/h2-8H,1H3,(H,19,20)(H2,17,18,21). The van der Waals surface area contributed by atoms with Gasteiger partial charge in [0.05, 0.1) is 16.3 Å². The number of rotatable bonds is 3. The van der Waals surface area contributed by atoms with Crippen molar-refractivity contribution < 1.29 is 14.7 Å². The summed E-state index contributed by atoms with van der Waals surface area (Å²) in [5.41, 5.74) is 1.67. The predicted octanol–water partition coefficient (Wildman–Crippen LogP) is 3.99. The summed E-state index contributed by atoms with van der Waals surface area (Å²) >= 11 is 5.94. The highest BCUT2D eigenvalue weighted by molar-refractivity contribution is 6.34. The van der Waals surface area contributed by atoms with E-state index in [2.05, 4.69) is 10.6 Å². The summed E-state index contributed by atoms with van der Waals surface area (Å²) in [6, 6.07) is 11.0. The van der Waals surface area contributed by atoms with E-state index in [9.17, 15) is 9.59 Å². The number of benzene rings is 2. The lowest BCUT2D eigenvalue weighted by Gasteiger charge is -2.11. The van der Waals surface area contributed by atoms with Crippen molar-refractivity contribution in [3.63, 3.8) is 0 Å². The Morgan fingerprint density at radius 1 is 1.05 bits per heavy atom.